The van der Waals surface area contributed by atoms with Gasteiger partial charge in [-0.2, -0.15) is 0 Å². The SMILES string of the molecule is Cl.NC[C@@H]1CN(C(=O)c2ccc(C(N)=O)nc2)C[C@H]1c1ccccc1. The fourth-order valence-corrected chi connectivity index (χ4v) is 3.20. The molecule has 6 nitrogen and oxygen atoms in total. The van der Waals surface area contributed by atoms with E-state index in [9.17, 15) is 9.59 Å². The lowest BCUT2D eigenvalue weighted by molar-refractivity contribution is 0.0785. The Morgan fingerprint density at radius 2 is 1.84 bits per heavy atom. The predicted molar refractivity (Wildman–Crippen MR) is 97.6 cm³/mol. The summed E-state index contributed by atoms with van der Waals surface area (Å²) in [6.45, 7) is 1.77. The average Bonchev–Trinajstić information content (AvgIpc) is 3.06. The molecule has 2 atom stereocenters. The van der Waals surface area contributed by atoms with E-state index in [-0.39, 0.29) is 35.8 Å². The lowest BCUT2D eigenvalue weighted by Crippen LogP contribution is -2.30. The number of carbonyl (C=O) groups excluding carboxylic acids is 2. The summed E-state index contributed by atoms with van der Waals surface area (Å²) in [6, 6.07) is 13.2. The maximum absolute atomic E-state index is 12.7. The Balaban J connectivity index is 0.00000225. The zero-order chi connectivity index (χ0) is 17.1. The van der Waals surface area contributed by atoms with Gasteiger partial charge in [-0.15, -0.1) is 12.4 Å². The Hall–Kier alpha value is -2.44. The zero-order valence-corrected chi connectivity index (χ0v) is 14.5. The predicted octanol–water partition coefficient (Wildman–Crippen LogP) is 1.42. The highest BCUT2D eigenvalue weighted by Gasteiger charge is 2.35. The minimum Gasteiger partial charge on any atom is -0.364 e. The van der Waals surface area contributed by atoms with Gasteiger partial charge in [-0.1, -0.05) is 30.3 Å². The number of aromatic nitrogens is 1. The molecular weight excluding hydrogens is 340 g/mol. The number of halogens is 1. The van der Waals surface area contributed by atoms with Gasteiger partial charge in [0, 0.05) is 25.2 Å². The van der Waals surface area contributed by atoms with Gasteiger partial charge in [0.05, 0.1) is 5.56 Å². The Kier molecular flexibility index (Phi) is 6.12. The molecule has 2 amide bonds. The first-order chi connectivity index (χ1) is 11.6. The molecule has 25 heavy (non-hydrogen) atoms. The third kappa shape index (κ3) is 3.97. The van der Waals surface area contributed by atoms with Gasteiger partial charge < -0.3 is 16.4 Å². The van der Waals surface area contributed by atoms with E-state index in [2.05, 4.69) is 17.1 Å². The van der Waals surface area contributed by atoms with Crippen molar-refractivity contribution in [1.82, 2.24) is 9.88 Å². The fourth-order valence-electron chi connectivity index (χ4n) is 3.20. The highest BCUT2D eigenvalue weighted by atomic mass is 35.5. The van der Waals surface area contributed by atoms with Gasteiger partial charge in [-0.25, -0.2) is 0 Å². The van der Waals surface area contributed by atoms with Crippen molar-refractivity contribution in [2.45, 2.75) is 5.92 Å². The number of likely N-dealkylation sites (tertiary alicyclic amines) is 1. The number of nitrogens with zero attached hydrogens (tertiary/aromatic N) is 2. The summed E-state index contributed by atoms with van der Waals surface area (Å²) >= 11 is 0. The Morgan fingerprint density at radius 3 is 2.40 bits per heavy atom. The first-order valence-corrected chi connectivity index (χ1v) is 7.90. The van der Waals surface area contributed by atoms with E-state index in [0.717, 1.165) is 0 Å². The van der Waals surface area contributed by atoms with Gasteiger partial charge in [-0.05, 0) is 30.2 Å². The first-order valence-electron chi connectivity index (χ1n) is 7.90. The molecule has 7 heteroatoms. The molecule has 3 rings (SSSR count). The van der Waals surface area contributed by atoms with Crippen LogP contribution in [0.4, 0.5) is 0 Å². The molecule has 0 unspecified atom stereocenters. The topological polar surface area (TPSA) is 102 Å². The van der Waals surface area contributed by atoms with E-state index < -0.39 is 5.91 Å². The normalized spacial score (nSPS) is 19.3. The molecule has 0 bridgehead atoms. The summed E-state index contributed by atoms with van der Waals surface area (Å²) in [6.07, 6.45) is 1.40. The quantitative estimate of drug-likeness (QED) is 0.860. The molecule has 1 aromatic heterocycles. The van der Waals surface area contributed by atoms with Crippen LogP contribution in [-0.2, 0) is 0 Å². The van der Waals surface area contributed by atoms with Crippen LogP contribution in [0.15, 0.2) is 48.7 Å². The van der Waals surface area contributed by atoms with E-state index in [1.54, 1.807) is 11.0 Å². The molecule has 0 radical (unpaired) electrons. The molecule has 4 N–H and O–H groups in total. The number of rotatable bonds is 4. The zero-order valence-electron chi connectivity index (χ0n) is 13.7. The number of primary amides is 1. The van der Waals surface area contributed by atoms with Crippen molar-refractivity contribution in [2.24, 2.45) is 17.4 Å². The van der Waals surface area contributed by atoms with Gasteiger partial charge >= 0.3 is 0 Å². The van der Waals surface area contributed by atoms with Crippen LogP contribution in [0.2, 0.25) is 0 Å². The molecule has 132 valence electrons. The van der Waals surface area contributed by atoms with Crippen LogP contribution in [0.25, 0.3) is 0 Å². The third-order valence-electron chi connectivity index (χ3n) is 4.52. The number of hydrogen-bond donors (Lipinski definition) is 2. The summed E-state index contributed by atoms with van der Waals surface area (Å²) in [4.78, 5) is 29.5. The average molecular weight is 361 g/mol. The molecule has 1 aliphatic heterocycles. The van der Waals surface area contributed by atoms with Gasteiger partial charge in [-0.3, -0.25) is 14.6 Å². The Labute approximate surface area is 152 Å². The van der Waals surface area contributed by atoms with Crippen molar-refractivity contribution < 1.29 is 9.59 Å². The smallest absolute Gasteiger partial charge is 0.267 e. The summed E-state index contributed by atoms with van der Waals surface area (Å²) in [5.74, 6) is -0.245. The van der Waals surface area contributed by atoms with Crippen LogP contribution in [0.1, 0.15) is 32.3 Å². The van der Waals surface area contributed by atoms with E-state index >= 15 is 0 Å². The molecule has 0 saturated carbocycles. The van der Waals surface area contributed by atoms with E-state index in [0.29, 0.717) is 25.2 Å². The van der Waals surface area contributed by atoms with Crippen LogP contribution in [-0.4, -0.2) is 41.3 Å². The Morgan fingerprint density at radius 1 is 1.12 bits per heavy atom. The summed E-state index contributed by atoms with van der Waals surface area (Å²) in [5.41, 5.74) is 12.9. The highest BCUT2D eigenvalue weighted by Crippen LogP contribution is 2.32. The molecule has 2 aromatic rings. The summed E-state index contributed by atoms with van der Waals surface area (Å²) in [7, 11) is 0. The molecule has 0 spiro atoms. The highest BCUT2D eigenvalue weighted by molar-refractivity contribution is 5.96. The van der Waals surface area contributed by atoms with Gasteiger partial charge in [0.15, 0.2) is 0 Å². The van der Waals surface area contributed by atoms with Gasteiger partial charge in [0.1, 0.15) is 5.69 Å². The third-order valence-corrected chi connectivity index (χ3v) is 4.52. The van der Waals surface area contributed by atoms with Crippen molar-refractivity contribution in [2.75, 3.05) is 19.6 Å². The summed E-state index contributed by atoms with van der Waals surface area (Å²) < 4.78 is 0. The van der Waals surface area contributed by atoms with Crippen LogP contribution < -0.4 is 11.5 Å². The second-order valence-corrected chi connectivity index (χ2v) is 6.02. The maximum atomic E-state index is 12.7. The minimum absolute atomic E-state index is 0. The molecule has 1 aliphatic rings. The maximum Gasteiger partial charge on any atom is 0.267 e. The second kappa shape index (κ2) is 8.09. The molecule has 1 fully saturated rings. The number of carbonyl (C=O) groups is 2. The fraction of sp³-hybridized carbons (Fsp3) is 0.278. The number of benzene rings is 1. The Bertz CT molecular complexity index is 737. The molecule has 1 saturated heterocycles. The molecule has 2 heterocycles. The summed E-state index contributed by atoms with van der Waals surface area (Å²) in [5, 5.41) is 0. The van der Waals surface area contributed by atoms with Crippen molar-refractivity contribution in [3.63, 3.8) is 0 Å². The minimum atomic E-state index is -0.609. The van der Waals surface area contributed by atoms with Crippen molar-refractivity contribution >= 4 is 24.2 Å². The monoisotopic (exact) mass is 360 g/mol. The van der Waals surface area contributed by atoms with Crippen LogP contribution >= 0.6 is 12.4 Å². The van der Waals surface area contributed by atoms with Crippen molar-refractivity contribution in [3.8, 4) is 0 Å². The number of nitrogens with two attached hydrogens (primary N) is 2. The lowest BCUT2D eigenvalue weighted by Gasteiger charge is -2.17. The van der Waals surface area contributed by atoms with E-state index in [4.69, 9.17) is 11.5 Å². The molecule has 1 aromatic carbocycles. The molecular formula is C18H21ClN4O2. The number of amides is 2. The van der Waals surface area contributed by atoms with Crippen molar-refractivity contribution in [1.29, 1.82) is 0 Å². The van der Waals surface area contributed by atoms with E-state index in [1.807, 2.05) is 18.2 Å². The second-order valence-electron chi connectivity index (χ2n) is 6.02. The first kappa shape index (κ1) is 18.9. The van der Waals surface area contributed by atoms with Gasteiger partial charge in [0.25, 0.3) is 11.8 Å². The number of hydrogen-bond acceptors (Lipinski definition) is 4. The standard InChI is InChI=1S/C18H20N4O2.ClH/c19-8-14-10-22(11-15(14)12-4-2-1-3-5-12)18(24)13-6-7-16(17(20)23)21-9-13;/h1-7,9,14-15H,8,10-11,19H2,(H2,20,23);1H/t14-,15+;/m1./s1. The van der Waals surface area contributed by atoms with Crippen LogP contribution in [0.3, 0.4) is 0 Å². The largest absolute Gasteiger partial charge is 0.364 e. The number of pyridine rings is 1. The van der Waals surface area contributed by atoms with Crippen LogP contribution in [0.5, 0.6) is 0 Å². The van der Waals surface area contributed by atoms with Crippen LogP contribution in [0, 0.1) is 5.92 Å². The van der Waals surface area contributed by atoms with Crippen molar-refractivity contribution in [3.05, 3.63) is 65.5 Å². The van der Waals surface area contributed by atoms with Gasteiger partial charge in [0.2, 0.25) is 0 Å². The van der Waals surface area contributed by atoms with E-state index in [1.165, 1.54) is 17.8 Å². The molecule has 0 aliphatic carbocycles. The lowest BCUT2D eigenvalue weighted by atomic mass is 9.89.